The Hall–Kier alpha value is -3.49. The SMILES string of the molecule is Cn1c(=O)c2c(nc3n2C(=O)c2ccccc2/C=N\N3)n(C)c1=O. The van der Waals surface area contributed by atoms with Crippen LogP contribution in [-0.2, 0) is 14.1 Å². The first-order chi connectivity index (χ1) is 11.5. The van der Waals surface area contributed by atoms with Gasteiger partial charge in [0.1, 0.15) is 0 Å². The van der Waals surface area contributed by atoms with Gasteiger partial charge < -0.3 is 0 Å². The molecule has 9 nitrogen and oxygen atoms in total. The van der Waals surface area contributed by atoms with Gasteiger partial charge in [-0.1, -0.05) is 18.2 Å². The maximum Gasteiger partial charge on any atom is 0.332 e. The minimum Gasteiger partial charge on any atom is -0.279 e. The molecule has 1 aromatic carbocycles. The van der Waals surface area contributed by atoms with Crippen LogP contribution >= 0.6 is 0 Å². The second-order valence-electron chi connectivity index (χ2n) is 5.41. The van der Waals surface area contributed by atoms with Crippen molar-refractivity contribution < 1.29 is 4.79 Å². The van der Waals surface area contributed by atoms with Gasteiger partial charge in [0.25, 0.3) is 11.5 Å². The molecular weight excluding hydrogens is 312 g/mol. The van der Waals surface area contributed by atoms with Crippen LogP contribution in [-0.4, -0.2) is 30.8 Å². The molecule has 0 unspecified atom stereocenters. The molecule has 0 atom stereocenters. The van der Waals surface area contributed by atoms with Crippen molar-refractivity contribution in [1.29, 1.82) is 0 Å². The molecule has 4 rings (SSSR count). The van der Waals surface area contributed by atoms with Crippen molar-refractivity contribution >= 4 is 29.2 Å². The number of hydrogen-bond acceptors (Lipinski definition) is 6. The maximum atomic E-state index is 13.0. The van der Waals surface area contributed by atoms with E-state index in [1.54, 1.807) is 24.3 Å². The van der Waals surface area contributed by atoms with Gasteiger partial charge in [0.05, 0.1) is 6.21 Å². The summed E-state index contributed by atoms with van der Waals surface area (Å²) in [6.45, 7) is 0. The highest BCUT2D eigenvalue weighted by Gasteiger charge is 2.26. The standard InChI is InChI=1S/C15H12N6O3/c1-19-11-10(13(23)20(2)15(19)24)21-12(22)9-6-4-3-5-8(9)7-16-18-14(21)17-11/h3-7H,1-2H3,(H,17,18)/b16-7-. The van der Waals surface area contributed by atoms with Crippen LogP contribution in [0.25, 0.3) is 11.2 Å². The molecule has 0 bridgehead atoms. The van der Waals surface area contributed by atoms with Crippen molar-refractivity contribution in [3.05, 3.63) is 56.2 Å². The first-order valence-corrected chi connectivity index (χ1v) is 7.12. The fraction of sp³-hybridized carbons (Fsp3) is 0.133. The molecule has 1 aliphatic heterocycles. The van der Waals surface area contributed by atoms with Crippen LogP contribution in [0.1, 0.15) is 15.9 Å². The summed E-state index contributed by atoms with van der Waals surface area (Å²) in [5.74, 6) is -0.337. The quantitative estimate of drug-likeness (QED) is 0.621. The summed E-state index contributed by atoms with van der Waals surface area (Å²) < 4.78 is 3.32. The normalized spacial score (nSPS) is 14.5. The van der Waals surface area contributed by atoms with Crippen molar-refractivity contribution in [2.24, 2.45) is 19.2 Å². The Balaban J connectivity index is 2.18. The number of rotatable bonds is 0. The fourth-order valence-corrected chi connectivity index (χ4v) is 2.75. The number of carbonyl (C=O) groups excluding carboxylic acids is 1. The Kier molecular flexibility index (Phi) is 2.80. The van der Waals surface area contributed by atoms with Crippen LogP contribution in [0, 0.1) is 0 Å². The minimum absolute atomic E-state index is 0.0269. The van der Waals surface area contributed by atoms with Gasteiger partial charge in [-0.2, -0.15) is 10.1 Å². The van der Waals surface area contributed by atoms with E-state index < -0.39 is 17.2 Å². The maximum absolute atomic E-state index is 13.0. The highest BCUT2D eigenvalue weighted by molar-refractivity contribution is 6.08. The van der Waals surface area contributed by atoms with Gasteiger partial charge in [0.15, 0.2) is 11.2 Å². The third-order valence-corrected chi connectivity index (χ3v) is 4.02. The summed E-state index contributed by atoms with van der Waals surface area (Å²) in [6.07, 6.45) is 1.51. The number of aromatic nitrogens is 4. The lowest BCUT2D eigenvalue weighted by molar-refractivity contribution is 0.0966. The van der Waals surface area contributed by atoms with Gasteiger partial charge in [0, 0.05) is 25.2 Å². The Morgan fingerprint density at radius 3 is 2.58 bits per heavy atom. The number of anilines is 1. The fourth-order valence-electron chi connectivity index (χ4n) is 2.75. The highest BCUT2D eigenvalue weighted by atomic mass is 16.2. The Morgan fingerprint density at radius 1 is 1.04 bits per heavy atom. The lowest BCUT2D eigenvalue weighted by Gasteiger charge is -2.11. The van der Waals surface area contributed by atoms with Crippen molar-refractivity contribution in [2.75, 3.05) is 5.43 Å². The summed E-state index contributed by atoms with van der Waals surface area (Å²) in [4.78, 5) is 41.8. The van der Waals surface area contributed by atoms with E-state index in [1.807, 2.05) is 0 Å². The number of aryl methyl sites for hydroxylation is 1. The van der Waals surface area contributed by atoms with Crippen molar-refractivity contribution in [1.82, 2.24) is 18.7 Å². The average molecular weight is 324 g/mol. The zero-order chi connectivity index (χ0) is 17.0. The second kappa shape index (κ2) is 4.75. The van der Waals surface area contributed by atoms with E-state index in [9.17, 15) is 14.4 Å². The first kappa shape index (κ1) is 14.1. The lowest BCUT2D eigenvalue weighted by atomic mass is 10.1. The zero-order valence-electron chi connectivity index (χ0n) is 12.8. The van der Waals surface area contributed by atoms with Gasteiger partial charge in [-0.3, -0.25) is 18.7 Å². The van der Waals surface area contributed by atoms with Crippen LogP contribution in [0.5, 0.6) is 0 Å². The van der Waals surface area contributed by atoms with Crippen LogP contribution < -0.4 is 16.7 Å². The summed E-state index contributed by atoms with van der Waals surface area (Å²) in [7, 11) is 2.85. The number of fused-ring (bicyclic) bond motifs is 4. The van der Waals surface area contributed by atoms with Crippen LogP contribution in [0.3, 0.4) is 0 Å². The van der Waals surface area contributed by atoms with E-state index in [1.165, 1.54) is 24.9 Å². The van der Waals surface area contributed by atoms with Crippen molar-refractivity contribution in [3.8, 4) is 0 Å². The molecule has 0 fully saturated rings. The molecule has 0 saturated heterocycles. The van der Waals surface area contributed by atoms with Gasteiger partial charge in [-0.05, 0) is 6.07 Å². The number of benzene rings is 1. The topological polar surface area (TPSA) is 103 Å². The molecule has 24 heavy (non-hydrogen) atoms. The number of carbonyl (C=O) groups is 1. The molecule has 120 valence electrons. The van der Waals surface area contributed by atoms with E-state index >= 15 is 0 Å². The number of hydrogen-bond donors (Lipinski definition) is 1. The third-order valence-electron chi connectivity index (χ3n) is 4.02. The zero-order valence-corrected chi connectivity index (χ0v) is 12.8. The van der Waals surface area contributed by atoms with E-state index in [0.717, 1.165) is 9.13 Å². The predicted octanol–water partition coefficient (Wildman–Crippen LogP) is -0.118. The monoisotopic (exact) mass is 324 g/mol. The lowest BCUT2D eigenvalue weighted by Crippen LogP contribution is -2.38. The summed E-state index contributed by atoms with van der Waals surface area (Å²) in [6, 6.07) is 6.91. The molecule has 0 saturated carbocycles. The number of hydrazone groups is 1. The number of nitrogens with zero attached hydrogens (tertiary/aromatic N) is 5. The molecule has 1 aliphatic rings. The Morgan fingerprint density at radius 2 is 1.79 bits per heavy atom. The second-order valence-corrected chi connectivity index (χ2v) is 5.41. The average Bonchev–Trinajstić information content (AvgIpc) is 2.96. The summed E-state index contributed by atoms with van der Waals surface area (Å²) in [5, 5.41) is 4.04. The van der Waals surface area contributed by atoms with Crippen molar-refractivity contribution in [3.63, 3.8) is 0 Å². The minimum atomic E-state index is -0.593. The van der Waals surface area contributed by atoms with E-state index in [2.05, 4.69) is 15.5 Å². The van der Waals surface area contributed by atoms with Crippen LogP contribution in [0.15, 0.2) is 39.0 Å². The Bertz CT molecular complexity index is 1160. The Labute approximate surface area is 134 Å². The molecule has 0 radical (unpaired) electrons. The molecule has 3 aromatic rings. The smallest absolute Gasteiger partial charge is 0.279 e. The predicted molar refractivity (Wildman–Crippen MR) is 87.6 cm³/mol. The molecule has 0 amide bonds. The summed E-state index contributed by atoms with van der Waals surface area (Å²) in [5.41, 5.74) is 2.69. The molecule has 1 N–H and O–H groups in total. The molecule has 2 aromatic heterocycles. The molecule has 0 spiro atoms. The van der Waals surface area contributed by atoms with E-state index in [4.69, 9.17) is 0 Å². The summed E-state index contributed by atoms with van der Waals surface area (Å²) >= 11 is 0. The van der Waals surface area contributed by atoms with Gasteiger partial charge in [-0.15, -0.1) is 0 Å². The highest BCUT2D eigenvalue weighted by Crippen LogP contribution is 2.20. The largest absolute Gasteiger partial charge is 0.332 e. The molecular formula is C15H12N6O3. The third kappa shape index (κ3) is 1.72. The van der Waals surface area contributed by atoms with E-state index in [0.29, 0.717) is 11.1 Å². The van der Waals surface area contributed by atoms with Crippen LogP contribution in [0.2, 0.25) is 0 Å². The van der Waals surface area contributed by atoms with Gasteiger partial charge in [0.2, 0.25) is 5.95 Å². The number of nitrogens with one attached hydrogen (secondary N) is 1. The van der Waals surface area contributed by atoms with Gasteiger partial charge in [-0.25, -0.2) is 14.8 Å². The van der Waals surface area contributed by atoms with Gasteiger partial charge >= 0.3 is 5.69 Å². The number of imidazole rings is 1. The van der Waals surface area contributed by atoms with E-state index in [-0.39, 0.29) is 17.1 Å². The molecule has 9 heteroatoms. The van der Waals surface area contributed by atoms with Crippen LogP contribution in [0.4, 0.5) is 5.95 Å². The van der Waals surface area contributed by atoms with Crippen molar-refractivity contribution in [2.45, 2.75) is 0 Å². The molecule has 3 heterocycles. The first-order valence-electron chi connectivity index (χ1n) is 7.12. The molecule has 0 aliphatic carbocycles.